The van der Waals surface area contributed by atoms with Crippen molar-refractivity contribution in [1.82, 2.24) is 0 Å². The molecule has 0 aromatic heterocycles. The van der Waals surface area contributed by atoms with Crippen molar-refractivity contribution in [3.05, 3.63) is 47.8 Å². The third-order valence-electron chi connectivity index (χ3n) is 2.85. The van der Waals surface area contributed by atoms with Crippen LogP contribution in [-0.4, -0.2) is 24.5 Å². The molecule has 1 atom stereocenters. The molecule has 0 aromatic rings. The zero-order valence-electron chi connectivity index (χ0n) is 12.3. The number of esters is 1. The molecule has 0 radical (unpaired) electrons. The Kier molecular flexibility index (Phi) is 5.50. The van der Waals surface area contributed by atoms with E-state index >= 15 is 0 Å². The normalized spacial score (nSPS) is 23.3. The number of rotatable bonds is 6. The number of hydrogen-bond donors (Lipinski definition) is 0. The summed E-state index contributed by atoms with van der Waals surface area (Å²) in [5.41, 5.74) is -1.09. The predicted octanol–water partition coefficient (Wildman–Crippen LogP) is 2.87. The van der Waals surface area contributed by atoms with Gasteiger partial charge in [-0.25, -0.2) is 4.79 Å². The van der Waals surface area contributed by atoms with Crippen LogP contribution < -0.4 is 0 Å². The molecule has 0 spiro atoms. The van der Waals surface area contributed by atoms with Gasteiger partial charge in [0.25, 0.3) is 0 Å². The number of ketones is 1. The lowest BCUT2D eigenvalue weighted by molar-refractivity contribution is -0.144. The van der Waals surface area contributed by atoms with Crippen molar-refractivity contribution in [2.75, 3.05) is 7.11 Å². The molecule has 0 saturated heterocycles. The molecule has 0 aromatic carbocycles. The molecule has 4 heteroatoms. The first-order chi connectivity index (χ1) is 9.50. The van der Waals surface area contributed by atoms with Crippen LogP contribution in [0.4, 0.5) is 0 Å². The summed E-state index contributed by atoms with van der Waals surface area (Å²) in [6.07, 6.45) is 11.1. The average Bonchev–Trinajstić information content (AvgIpc) is 2.66. The van der Waals surface area contributed by atoms with Crippen LogP contribution in [0.3, 0.4) is 0 Å². The Morgan fingerprint density at radius 3 is 2.65 bits per heavy atom. The van der Waals surface area contributed by atoms with Crippen molar-refractivity contribution in [2.24, 2.45) is 0 Å². The SMILES string of the molecule is C/C=C/C(=O)C1=C(OC)[C@](C)(/C=C/C=C/CC)OC1=O. The number of cyclic esters (lactones) is 1. The van der Waals surface area contributed by atoms with E-state index in [-0.39, 0.29) is 11.3 Å². The van der Waals surface area contributed by atoms with Gasteiger partial charge < -0.3 is 9.47 Å². The highest BCUT2D eigenvalue weighted by atomic mass is 16.6. The first-order valence-corrected chi connectivity index (χ1v) is 6.53. The summed E-state index contributed by atoms with van der Waals surface area (Å²) in [4.78, 5) is 23.8. The van der Waals surface area contributed by atoms with Crippen LogP contribution in [0.1, 0.15) is 27.2 Å². The maximum absolute atomic E-state index is 11.9. The lowest BCUT2D eigenvalue weighted by Gasteiger charge is -2.21. The minimum atomic E-state index is -1.05. The van der Waals surface area contributed by atoms with Crippen LogP contribution in [0.2, 0.25) is 0 Å². The number of carbonyl (C=O) groups excluding carboxylic acids is 2. The molecule has 0 bridgehead atoms. The Hall–Kier alpha value is -2.10. The summed E-state index contributed by atoms with van der Waals surface area (Å²) in [5.74, 6) is -0.820. The quantitative estimate of drug-likeness (QED) is 0.324. The van der Waals surface area contributed by atoms with Gasteiger partial charge in [-0.2, -0.15) is 0 Å². The van der Waals surface area contributed by atoms with Gasteiger partial charge in [-0.05, 0) is 32.4 Å². The van der Waals surface area contributed by atoms with Gasteiger partial charge in [-0.1, -0.05) is 31.2 Å². The van der Waals surface area contributed by atoms with Gasteiger partial charge in [0.1, 0.15) is 5.57 Å². The van der Waals surface area contributed by atoms with Crippen molar-refractivity contribution < 1.29 is 19.1 Å². The van der Waals surface area contributed by atoms with Gasteiger partial charge in [0.15, 0.2) is 17.1 Å². The van der Waals surface area contributed by atoms with Crippen LogP contribution in [-0.2, 0) is 19.1 Å². The molecule has 108 valence electrons. The third-order valence-corrected chi connectivity index (χ3v) is 2.85. The lowest BCUT2D eigenvalue weighted by Crippen LogP contribution is -2.25. The Morgan fingerprint density at radius 1 is 1.40 bits per heavy atom. The average molecular weight is 276 g/mol. The molecule has 0 aliphatic carbocycles. The van der Waals surface area contributed by atoms with Crippen molar-refractivity contribution in [3.63, 3.8) is 0 Å². The molecule has 0 unspecified atom stereocenters. The topological polar surface area (TPSA) is 52.6 Å². The summed E-state index contributed by atoms with van der Waals surface area (Å²) < 4.78 is 10.5. The molecule has 0 saturated carbocycles. The molecule has 1 rings (SSSR count). The van der Waals surface area contributed by atoms with Crippen LogP contribution in [0.25, 0.3) is 0 Å². The van der Waals surface area contributed by atoms with E-state index in [4.69, 9.17) is 9.47 Å². The van der Waals surface area contributed by atoms with Crippen molar-refractivity contribution >= 4 is 11.8 Å². The number of methoxy groups -OCH3 is 1. The maximum Gasteiger partial charge on any atom is 0.347 e. The second-order valence-electron chi connectivity index (χ2n) is 4.46. The Labute approximate surface area is 119 Å². The molecule has 0 fully saturated rings. The second-order valence-corrected chi connectivity index (χ2v) is 4.46. The molecule has 1 aliphatic rings. The fraction of sp³-hybridized carbons (Fsp3) is 0.375. The van der Waals surface area contributed by atoms with Crippen molar-refractivity contribution in [3.8, 4) is 0 Å². The van der Waals surface area contributed by atoms with Crippen molar-refractivity contribution in [1.29, 1.82) is 0 Å². The summed E-state index contributed by atoms with van der Waals surface area (Å²) >= 11 is 0. The number of allylic oxidation sites excluding steroid dienone is 5. The zero-order valence-corrected chi connectivity index (χ0v) is 12.3. The Morgan fingerprint density at radius 2 is 2.10 bits per heavy atom. The van der Waals surface area contributed by atoms with Gasteiger partial charge in [0.2, 0.25) is 0 Å². The standard InChI is InChI=1S/C16H20O4/c1-5-7-8-9-11-16(3)14(19-4)13(15(18)20-16)12(17)10-6-2/h6-11H,5H2,1-4H3/b8-7+,10-6+,11-9+/t16-/m0/s1. The van der Waals surface area contributed by atoms with Crippen molar-refractivity contribution in [2.45, 2.75) is 32.8 Å². The van der Waals surface area contributed by atoms with E-state index in [0.717, 1.165) is 6.42 Å². The highest BCUT2D eigenvalue weighted by molar-refractivity contribution is 6.23. The van der Waals surface area contributed by atoms with Crippen LogP contribution >= 0.6 is 0 Å². The maximum atomic E-state index is 11.9. The van der Waals surface area contributed by atoms with E-state index in [1.807, 2.05) is 19.1 Å². The summed E-state index contributed by atoms with van der Waals surface area (Å²) in [6.45, 7) is 5.42. The monoisotopic (exact) mass is 276 g/mol. The van der Waals surface area contributed by atoms with Crippen LogP contribution in [0.15, 0.2) is 47.8 Å². The second kappa shape index (κ2) is 6.89. The van der Waals surface area contributed by atoms with E-state index in [1.165, 1.54) is 13.2 Å². The molecular formula is C16H20O4. The first kappa shape index (κ1) is 16.0. The smallest absolute Gasteiger partial charge is 0.347 e. The van der Waals surface area contributed by atoms with Gasteiger partial charge in [0.05, 0.1) is 7.11 Å². The number of ether oxygens (including phenoxy) is 2. The summed E-state index contributed by atoms with van der Waals surface area (Å²) in [6, 6.07) is 0. The zero-order chi connectivity index (χ0) is 15.2. The minimum Gasteiger partial charge on any atom is -0.495 e. The fourth-order valence-electron chi connectivity index (χ4n) is 1.95. The van der Waals surface area contributed by atoms with E-state index in [9.17, 15) is 9.59 Å². The number of carbonyl (C=O) groups is 2. The third kappa shape index (κ3) is 3.26. The van der Waals surface area contributed by atoms with E-state index in [1.54, 1.807) is 32.1 Å². The Balaban J connectivity index is 3.17. The molecule has 1 aliphatic heterocycles. The summed E-state index contributed by atoms with van der Waals surface area (Å²) in [7, 11) is 1.42. The molecule has 4 nitrogen and oxygen atoms in total. The van der Waals surface area contributed by atoms with E-state index < -0.39 is 17.4 Å². The summed E-state index contributed by atoms with van der Waals surface area (Å²) in [5, 5.41) is 0. The van der Waals surface area contributed by atoms with E-state index in [2.05, 4.69) is 0 Å². The highest BCUT2D eigenvalue weighted by Crippen LogP contribution is 2.35. The van der Waals surface area contributed by atoms with Gasteiger partial charge in [-0.15, -0.1) is 0 Å². The van der Waals surface area contributed by atoms with Gasteiger partial charge in [-0.3, -0.25) is 4.79 Å². The largest absolute Gasteiger partial charge is 0.495 e. The van der Waals surface area contributed by atoms with E-state index in [0.29, 0.717) is 0 Å². The van der Waals surface area contributed by atoms with Gasteiger partial charge >= 0.3 is 5.97 Å². The molecule has 0 amide bonds. The first-order valence-electron chi connectivity index (χ1n) is 6.53. The number of hydrogen-bond acceptors (Lipinski definition) is 4. The van der Waals surface area contributed by atoms with Crippen LogP contribution in [0.5, 0.6) is 0 Å². The fourth-order valence-corrected chi connectivity index (χ4v) is 1.95. The van der Waals surface area contributed by atoms with Gasteiger partial charge in [0, 0.05) is 0 Å². The van der Waals surface area contributed by atoms with Crippen LogP contribution in [0, 0.1) is 0 Å². The molecule has 20 heavy (non-hydrogen) atoms. The lowest BCUT2D eigenvalue weighted by atomic mass is 9.99. The highest BCUT2D eigenvalue weighted by Gasteiger charge is 2.45. The minimum absolute atomic E-state index is 0.0442. The molecular weight excluding hydrogens is 256 g/mol. The molecule has 1 heterocycles. The Bertz CT molecular complexity index is 509. The predicted molar refractivity (Wildman–Crippen MR) is 76.9 cm³/mol. The molecule has 0 N–H and O–H groups in total.